The molecule has 120 valence electrons. The minimum Gasteiger partial charge on any atom is -0.353 e. The van der Waals surface area contributed by atoms with Gasteiger partial charge in [-0.2, -0.15) is 0 Å². The van der Waals surface area contributed by atoms with Crippen molar-refractivity contribution < 1.29 is 9.59 Å². The maximum absolute atomic E-state index is 12.6. The van der Waals surface area contributed by atoms with E-state index in [0.717, 1.165) is 38.8 Å². The Morgan fingerprint density at radius 2 is 1.52 bits per heavy atom. The van der Waals surface area contributed by atoms with Crippen LogP contribution < -0.4 is 5.32 Å². The predicted molar refractivity (Wildman–Crippen MR) is 83.0 cm³/mol. The van der Waals surface area contributed by atoms with Gasteiger partial charge in [0, 0.05) is 37.1 Å². The van der Waals surface area contributed by atoms with Gasteiger partial charge in [-0.3, -0.25) is 4.79 Å². The average molecular weight is 295 g/mol. The molecule has 0 atom stereocenters. The van der Waals surface area contributed by atoms with Crippen molar-refractivity contribution in [2.24, 2.45) is 5.92 Å². The molecule has 21 heavy (non-hydrogen) atoms. The van der Waals surface area contributed by atoms with E-state index < -0.39 is 0 Å². The van der Waals surface area contributed by atoms with Crippen molar-refractivity contribution in [3.63, 3.8) is 0 Å². The molecule has 1 heterocycles. The van der Waals surface area contributed by atoms with Crippen LogP contribution in [0.3, 0.4) is 0 Å². The van der Waals surface area contributed by atoms with Crippen molar-refractivity contribution in [2.75, 3.05) is 13.1 Å². The summed E-state index contributed by atoms with van der Waals surface area (Å²) in [6, 6.07) is 0.801. The molecule has 0 spiro atoms. The van der Waals surface area contributed by atoms with E-state index >= 15 is 0 Å². The zero-order chi connectivity index (χ0) is 15.6. The smallest absolute Gasteiger partial charge is 0.320 e. The van der Waals surface area contributed by atoms with Gasteiger partial charge in [-0.15, -0.1) is 0 Å². The summed E-state index contributed by atoms with van der Waals surface area (Å²) in [6.07, 6.45) is 3.82. The fourth-order valence-electron chi connectivity index (χ4n) is 3.08. The van der Waals surface area contributed by atoms with Crippen molar-refractivity contribution >= 4 is 11.9 Å². The molecule has 0 radical (unpaired) electrons. The molecular weight excluding hydrogens is 266 g/mol. The van der Waals surface area contributed by atoms with Crippen molar-refractivity contribution in [1.29, 1.82) is 0 Å². The van der Waals surface area contributed by atoms with Crippen molar-refractivity contribution in [1.82, 2.24) is 15.1 Å². The molecular formula is C16H29N3O2. The monoisotopic (exact) mass is 295 g/mol. The molecule has 1 saturated heterocycles. The molecule has 0 bridgehead atoms. The number of urea groups is 1. The van der Waals surface area contributed by atoms with Crippen LogP contribution in [0.4, 0.5) is 4.79 Å². The molecule has 5 heteroatoms. The van der Waals surface area contributed by atoms with E-state index in [-0.39, 0.29) is 36.0 Å². The molecule has 2 aliphatic rings. The Balaban J connectivity index is 1.82. The Morgan fingerprint density at radius 3 is 1.95 bits per heavy atom. The second-order valence-electron chi connectivity index (χ2n) is 6.92. The number of piperidine rings is 1. The zero-order valence-corrected chi connectivity index (χ0v) is 13.8. The van der Waals surface area contributed by atoms with Crippen LogP contribution in [0, 0.1) is 5.92 Å². The second-order valence-corrected chi connectivity index (χ2v) is 6.92. The molecule has 0 unspecified atom stereocenters. The van der Waals surface area contributed by atoms with Crippen LogP contribution in [0.2, 0.25) is 0 Å². The summed E-state index contributed by atoms with van der Waals surface area (Å²) in [6.45, 7) is 9.71. The molecule has 0 aromatic carbocycles. The molecule has 0 aromatic heterocycles. The lowest BCUT2D eigenvalue weighted by molar-refractivity contribution is -0.123. The van der Waals surface area contributed by atoms with E-state index in [1.807, 2.05) is 9.80 Å². The predicted octanol–water partition coefficient (Wildman–Crippen LogP) is 2.22. The summed E-state index contributed by atoms with van der Waals surface area (Å²) >= 11 is 0. The van der Waals surface area contributed by atoms with Crippen molar-refractivity contribution in [3.8, 4) is 0 Å². The Kier molecular flexibility index (Phi) is 5.12. The molecule has 1 N–H and O–H groups in total. The molecule has 1 aliphatic heterocycles. The van der Waals surface area contributed by atoms with Crippen LogP contribution in [0.1, 0.15) is 53.4 Å². The first-order valence-electron chi connectivity index (χ1n) is 8.27. The van der Waals surface area contributed by atoms with Gasteiger partial charge in [0.2, 0.25) is 5.91 Å². The highest BCUT2D eigenvalue weighted by Crippen LogP contribution is 2.29. The Morgan fingerprint density at radius 1 is 1.00 bits per heavy atom. The minimum absolute atomic E-state index is 0.131. The van der Waals surface area contributed by atoms with Crippen molar-refractivity contribution in [2.45, 2.75) is 71.5 Å². The number of hydrogen-bond acceptors (Lipinski definition) is 2. The van der Waals surface area contributed by atoms with Gasteiger partial charge in [-0.1, -0.05) is 0 Å². The van der Waals surface area contributed by atoms with Gasteiger partial charge in [0.1, 0.15) is 0 Å². The summed E-state index contributed by atoms with van der Waals surface area (Å²) in [5.74, 6) is 0.479. The summed E-state index contributed by atoms with van der Waals surface area (Å²) < 4.78 is 0. The number of amides is 3. The second kappa shape index (κ2) is 6.67. The lowest BCUT2D eigenvalue weighted by atomic mass is 10.0. The lowest BCUT2D eigenvalue weighted by Gasteiger charge is -2.39. The third kappa shape index (κ3) is 4.11. The quantitative estimate of drug-likeness (QED) is 0.864. The Bertz CT molecular complexity index is 375. The summed E-state index contributed by atoms with van der Waals surface area (Å²) in [7, 11) is 0. The van der Waals surface area contributed by atoms with E-state index in [1.165, 1.54) is 0 Å². The number of likely N-dealkylation sites (tertiary alicyclic amines) is 1. The third-order valence-corrected chi connectivity index (χ3v) is 4.39. The molecule has 3 amide bonds. The van der Waals surface area contributed by atoms with E-state index in [0.29, 0.717) is 0 Å². The van der Waals surface area contributed by atoms with Gasteiger partial charge in [0.15, 0.2) is 0 Å². The van der Waals surface area contributed by atoms with Crippen LogP contribution >= 0.6 is 0 Å². The SMILES string of the molecule is CC(C)N(C(=O)N1CCC(NC(=O)C2CC2)CC1)C(C)C. The largest absolute Gasteiger partial charge is 0.353 e. The van der Waals surface area contributed by atoms with Crippen LogP contribution in [0.25, 0.3) is 0 Å². The van der Waals surface area contributed by atoms with Gasteiger partial charge < -0.3 is 15.1 Å². The number of nitrogens with one attached hydrogen (secondary N) is 1. The standard InChI is InChI=1S/C16H29N3O2/c1-11(2)19(12(3)4)16(21)18-9-7-14(8-10-18)17-15(20)13-5-6-13/h11-14H,5-10H2,1-4H3,(H,17,20). The Hall–Kier alpha value is -1.26. The fraction of sp³-hybridized carbons (Fsp3) is 0.875. The molecule has 5 nitrogen and oxygen atoms in total. The third-order valence-electron chi connectivity index (χ3n) is 4.39. The average Bonchev–Trinajstić information content (AvgIpc) is 3.22. The maximum atomic E-state index is 12.6. The fourth-order valence-corrected chi connectivity index (χ4v) is 3.08. The first kappa shape index (κ1) is 16.1. The van der Waals surface area contributed by atoms with Crippen LogP contribution in [0.5, 0.6) is 0 Å². The number of hydrogen-bond donors (Lipinski definition) is 1. The number of carbonyl (C=O) groups is 2. The molecule has 2 rings (SSSR count). The van der Waals surface area contributed by atoms with E-state index in [2.05, 4.69) is 33.0 Å². The lowest BCUT2D eigenvalue weighted by Crippen LogP contribution is -2.54. The van der Waals surface area contributed by atoms with E-state index in [1.54, 1.807) is 0 Å². The summed E-state index contributed by atoms with van der Waals surface area (Å²) in [5, 5.41) is 3.12. The van der Waals surface area contributed by atoms with Crippen LogP contribution in [-0.2, 0) is 4.79 Å². The zero-order valence-electron chi connectivity index (χ0n) is 13.8. The van der Waals surface area contributed by atoms with E-state index in [9.17, 15) is 9.59 Å². The molecule has 2 fully saturated rings. The van der Waals surface area contributed by atoms with Gasteiger partial charge in [0.05, 0.1) is 0 Å². The summed E-state index contributed by atoms with van der Waals surface area (Å²) in [5.41, 5.74) is 0. The number of carbonyl (C=O) groups excluding carboxylic acids is 2. The highest BCUT2D eigenvalue weighted by Gasteiger charge is 2.33. The topological polar surface area (TPSA) is 52.7 Å². The Labute approximate surface area is 128 Å². The van der Waals surface area contributed by atoms with Gasteiger partial charge in [0.25, 0.3) is 0 Å². The van der Waals surface area contributed by atoms with Crippen LogP contribution in [-0.4, -0.2) is 53.0 Å². The van der Waals surface area contributed by atoms with Gasteiger partial charge in [-0.25, -0.2) is 4.79 Å². The van der Waals surface area contributed by atoms with Gasteiger partial charge >= 0.3 is 6.03 Å². The molecule has 1 saturated carbocycles. The first-order valence-corrected chi connectivity index (χ1v) is 8.27. The van der Waals surface area contributed by atoms with Crippen molar-refractivity contribution in [3.05, 3.63) is 0 Å². The van der Waals surface area contributed by atoms with Gasteiger partial charge in [-0.05, 0) is 53.4 Å². The van der Waals surface area contributed by atoms with E-state index in [4.69, 9.17) is 0 Å². The van der Waals surface area contributed by atoms with Crippen LogP contribution in [0.15, 0.2) is 0 Å². The normalized spacial score (nSPS) is 20.0. The minimum atomic E-state index is 0.131. The highest BCUT2D eigenvalue weighted by molar-refractivity contribution is 5.81. The highest BCUT2D eigenvalue weighted by atomic mass is 16.2. The number of rotatable bonds is 4. The first-order chi connectivity index (χ1) is 9.90. The molecule has 0 aromatic rings. The summed E-state index contributed by atoms with van der Waals surface area (Å²) in [4.78, 5) is 28.2. The molecule has 1 aliphatic carbocycles. The maximum Gasteiger partial charge on any atom is 0.320 e. The number of nitrogens with zero attached hydrogens (tertiary/aromatic N) is 2.